The van der Waals surface area contributed by atoms with Gasteiger partial charge < -0.3 is 13.3 Å². The summed E-state index contributed by atoms with van der Waals surface area (Å²) >= 11 is 0. The number of fused-ring (bicyclic) bond motifs is 9. The van der Waals surface area contributed by atoms with E-state index in [1.165, 1.54) is 22.3 Å². The molecule has 0 saturated carbocycles. The third-order valence-corrected chi connectivity index (χ3v) is 9.77. The van der Waals surface area contributed by atoms with Gasteiger partial charge in [0.05, 0.1) is 0 Å². The molecular weight excluding hydrogens is 588 g/mol. The number of para-hydroxylation sites is 2. The minimum absolute atomic E-state index is 0.710. The number of hydrogen-bond donors (Lipinski definition) is 0. The summed E-state index contributed by atoms with van der Waals surface area (Å²) in [6.45, 7) is 4.32. The van der Waals surface area contributed by atoms with Gasteiger partial charge in [-0.1, -0.05) is 84.9 Å². The van der Waals surface area contributed by atoms with Crippen molar-refractivity contribution in [1.82, 2.24) is 0 Å². The van der Waals surface area contributed by atoms with Crippen LogP contribution in [0, 0.1) is 13.8 Å². The monoisotopic (exact) mass is 618 g/mol. The third kappa shape index (κ3) is 4.14. The van der Waals surface area contributed by atoms with Gasteiger partial charge in [0.15, 0.2) is 0 Å². The molecule has 3 nitrogen and oxygen atoms in total. The van der Waals surface area contributed by atoms with E-state index in [1.807, 2.05) is 24.3 Å². The molecule has 3 heterocycles. The molecule has 0 amide bonds. The van der Waals surface area contributed by atoms with E-state index in [0.717, 1.165) is 88.1 Å². The fourth-order valence-electron chi connectivity index (χ4n) is 7.64. The third-order valence-electron chi connectivity index (χ3n) is 9.77. The first-order chi connectivity index (χ1) is 23.6. The molecule has 0 spiro atoms. The topological polar surface area (TPSA) is 39.4 Å². The quantitative estimate of drug-likeness (QED) is 0.197. The van der Waals surface area contributed by atoms with Crippen molar-refractivity contribution in [1.29, 1.82) is 0 Å². The molecule has 3 aromatic heterocycles. The highest BCUT2D eigenvalue weighted by atomic mass is 16.3. The summed E-state index contributed by atoms with van der Waals surface area (Å²) in [7, 11) is 0. The molecule has 0 N–H and O–H groups in total. The highest BCUT2D eigenvalue weighted by Gasteiger charge is 2.19. The summed E-state index contributed by atoms with van der Waals surface area (Å²) in [6, 6.07) is 47.2. The van der Waals surface area contributed by atoms with Crippen LogP contribution in [0.1, 0.15) is 22.3 Å². The lowest BCUT2D eigenvalue weighted by molar-refractivity contribution is 0.659. The van der Waals surface area contributed by atoms with Crippen LogP contribution in [0.4, 0.5) is 0 Å². The highest BCUT2D eigenvalue weighted by molar-refractivity contribution is 6.13. The molecule has 3 heteroatoms. The smallest absolute Gasteiger partial charge is 0.143 e. The minimum atomic E-state index is 0.710. The summed E-state index contributed by atoms with van der Waals surface area (Å²) < 4.78 is 19.7. The van der Waals surface area contributed by atoms with E-state index in [2.05, 4.69) is 123 Å². The molecule has 0 fully saturated rings. The van der Waals surface area contributed by atoms with Crippen LogP contribution in [0.3, 0.4) is 0 Å². The van der Waals surface area contributed by atoms with Crippen LogP contribution in [0.2, 0.25) is 0 Å². The van der Waals surface area contributed by atoms with E-state index in [0.29, 0.717) is 6.42 Å². The number of rotatable bonds is 4. The first-order valence-electron chi connectivity index (χ1n) is 16.4. The van der Waals surface area contributed by atoms with Gasteiger partial charge in [-0.3, -0.25) is 0 Å². The van der Waals surface area contributed by atoms with Gasteiger partial charge in [-0.25, -0.2) is 0 Å². The van der Waals surface area contributed by atoms with Crippen LogP contribution in [0.25, 0.3) is 88.1 Å². The first-order valence-corrected chi connectivity index (χ1v) is 16.4. The van der Waals surface area contributed by atoms with Crippen molar-refractivity contribution in [2.75, 3.05) is 0 Å². The van der Waals surface area contributed by atoms with Gasteiger partial charge in [0.2, 0.25) is 0 Å². The van der Waals surface area contributed by atoms with Gasteiger partial charge in [-0.05, 0) is 90.2 Å². The Labute approximate surface area is 276 Å². The second kappa shape index (κ2) is 10.2. The van der Waals surface area contributed by atoms with E-state index < -0.39 is 0 Å². The van der Waals surface area contributed by atoms with E-state index in [4.69, 9.17) is 13.3 Å². The molecule has 0 saturated heterocycles. The number of furan rings is 3. The maximum absolute atomic E-state index is 6.68. The molecule has 0 atom stereocenters. The van der Waals surface area contributed by atoms with Crippen molar-refractivity contribution in [3.63, 3.8) is 0 Å². The second-order valence-electron chi connectivity index (χ2n) is 13.1. The number of hydrogen-bond acceptors (Lipinski definition) is 3. The second-order valence-corrected chi connectivity index (χ2v) is 13.1. The van der Waals surface area contributed by atoms with Crippen LogP contribution in [-0.2, 0) is 6.42 Å². The van der Waals surface area contributed by atoms with Gasteiger partial charge in [-0.2, -0.15) is 0 Å². The predicted octanol–water partition coefficient (Wildman–Crippen LogP) is 12.9. The van der Waals surface area contributed by atoms with Gasteiger partial charge in [0.1, 0.15) is 33.5 Å². The van der Waals surface area contributed by atoms with Crippen molar-refractivity contribution in [2.45, 2.75) is 20.3 Å². The SMILES string of the molecule is Cc1cc(Cc2cc(C)cc3c2oc2ccc(-c4cc(-c5ccccc5)cc5c4oc4ccccc45)cc23)c2oc3ccccc3c2c1. The molecule has 7 aromatic carbocycles. The number of benzene rings is 7. The summed E-state index contributed by atoms with van der Waals surface area (Å²) in [5.41, 5.74) is 14.7. The van der Waals surface area contributed by atoms with Gasteiger partial charge in [0, 0.05) is 55.4 Å². The van der Waals surface area contributed by atoms with E-state index >= 15 is 0 Å². The summed E-state index contributed by atoms with van der Waals surface area (Å²) in [4.78, 5) is 0. The maximum atomic E-state index is 6.68. The average molecular weight is 619 g/mol. The predicted molar refractivity (Wildman–Crippen MR) is 198 cm³/mol. The lowest BCUT2D eigenvalue weighted by Gasteiger charge is -2.08. The minimum Gasteiger partial charge on any atom is -0.456 e. The van der Waals surface area contributed by atoms with Gasteiger partial charge in [0.25, 0.3) is 0 Å². The maximum Gasteiger partial charge on any atom is 0.143 e. The zero-order chi connectivity index (χ0) is 31.9. The largest absolute Gasteiger partial charge is 0.456 e. The van der Waals surface area contributed by atoms with Crippen molar-refractivity contribution < 1.29 is 13.3 Å². The van der Waals surface area contributed by atoms with Crippen LogP contribution < -0.4 is 0 Å². The lowest BCUT2D eigenvalue weighted by atomic mass is 9.94. The van der Waals surface area contributed by atoms with Crippen LogP contribution in [0.5, 0.6) is 0 Å². The Balaban J connectivity index is 1.16. The Morgan fingerprint density at radius 2 is 0.896 bits per heavy atom. The van der Waals surface area contributed by atoms with Gasteiger partial charge in [-0.15, -0.1) is 0 Å². The normalized spacial score (nSPS) is 12.0. The molecular formula is C45H30O3. The Morgan fingerprint density at radius 3 is 1.56 bits per heavy atom. The molecule has 0 bridgehead atoms. The van der Waals surface area contributed by atoms with Crippen LogP contribution in [0.15, 0.2) is 147 Å². The van der Waals surface area contributed by atoms with Crippen molar-refractivity contribution in [2.24, 2.45) is 0 Å². The zero-order valence-corrected chi connectivity index (χ0v) is 26.6. The highest BCUT2D eigenvalue weighted by Crippen LogP contribution is 2.42. The van der Waals surface area contributed by atoms with Crippen molar-refractivity contribution in [3.05, 3.63) is 156 Å². The molecule has 0 aliphatic heterocycles. The molecule has 48 heavy (non-hydrogen) atoms. The Kier molecular flexibility index (Phi) is 5.77. The fourth-order valence-corrected chi connectivity index (χ4v) is 7.64. The summed E-state index contributed by atoms with van der Waals surface area (Å²) in [5, 5.41) is 6.77. The first kappa shape index (κ1) is 27.1. The average Bonchev–Trinajstić information content (AvgIpc) is 3.80. The number of aryl methyl sites for hydroxylation is 2. The molecule has 0 radical (unpaired) electrons. The van der Waals surface area contributed by atoms with Crippen LogP contribution >= 0.6 is 0 Å². The van der Waals surface area contributed by atoms with Crippen molar-refractivity contribution >= 4 is 65.8 Å². The van der Waals surface area contributed by atoms with E-state index in [-0.39, 0.29) is 0 Å². The Morgan fingerprint density at radius 1 is 0.375 bits per heavy atom. The fraction of sp³-hybridized carbons (Fsp3) is 0.0667. The molecule has 10 rings (SSSR count). The Bertz CT molecular complexity index is 2880. The molecule has 0 aliphatic carbocycles. The zero-order valence-electron chi connectivity index (χ0n) is 26.6. The van der Waals surface area contributed by atoms with Crippen molar-refractivity contribution in [3.8, 4) is 22.3 Å². The molecule has 10 aromatic rings. The molecule has 0 aliphatic rings. The molecule has 228 valence electrons. The lowest BCUT2D eigenvalue weighted by Crippen LogP contribution is -1.92. The summed E-state index contributed by atoms with van der Waals surface area (Å²) in [6.07, 6.45) is 0.710. The van der Waals surface area contributed by atoms with Crippen LogP contribution in [-0.4, -0.2) is 0 Å². The van der Waals surface area contributed by atoms with Gasteiger partial charge >= 0.3 is 0 Å². The summed E-state index contributed by atoms with van der Waals surface area (Å²) in [5.74, 6) is 0. The van der Waals surface area contributed by atoms with E-state index in [9.17, 15) is 0 Å². The van der Waals surface area contributed by atoms with E-state index in [1.54, 1.807) is 0 Å². The standard InChI is InChI=1S/C45H30O3/c1-26-18-31(43-37(20-26)33-12-6-8-14-40(33)46-43)22-32-19-27(2)21-38-36-23-29(16-17-42(36)47-44(32)38)35-24-30(28-10-4-3-5-11-28)25-39-34-13-7-9-15-41(34)48-45(35)39/h3-21,23-25H,22H2,1-2H3. The molecule has 0 unspecified atom stereocenters. The Hall–Kier alpha value is -6.06.